The van der Waals surface area contributed by atoms with Crippen LogP contribution in [0.1, 0.15) is 16.8 Å². The molecular formula is C17H19NO3. The molecule has 1 aromatic heterocycles. The number of benzene rings is 1. The second-order valence-corrected chi connectivity index (χ2v) is 4.65. The van der Waals surface area contributed by atoms with E-state index in [1.807, 2.05) is 42.5 Å². The first-order chi connectivity index (χ1) is 10.3. The van der Waals surface area contributed by atoms with Gasteiger partial charge in [0.25, 0.3) is 0 Å². The summed E-state index contributed by atoms with van der Waals surface area (Å²) in [5.41, 5.74) is 2.98. The molecular weight excluding hydrogens is 266 g/mol. The van der Waals surface area contributed by atoms with Gasteiger partial charge in [-0.25, -0.2) is 0 Å². The second kappa shape index (κ2) is 8.17. The summed E-state index contributed by atoms with van der Waals surface area (Å²) in [5.74, 6) is -0.240. The second-order valence-electron chi connectivity index (χ2n) is 4.65. The van der Waals surface area contributed by atoms with E-state index < -0.39 is 0 Å². The number of esters is 1. The van der Waals surface area contributed by atoms with Gasteiger partial charge in [-0.15, -0.1) is 0 Å². The fraction of sp³-hybridized carbons (Fsp3) is 0.294. The number of ether oxygens (including phenoxy) is 2. The lowest BCUT2D eigenvalue weighted by Gasteiger charge is -2.09. The molecule has 0 N–H and O–H groups in total. The van der Waals surface area contributed by atoms with Gasteiger partial charge in [-0.1, -0.05) is 30.3 Å². The summed E-state index contributed by atoms with van der Waals surface area (Å²) in [6, 6.07) is 13.6. The van der Waals surface area contributed by atoms with Crippen LogP contribution in [-0.2, 0) is 33.7 Å². The average molecular weight is 285 g/mol. The molecule has 0 unspecified atom stereocenters. The Morgan fingerprint density at radius 2 is 1.86 bits per heavy atom. The number of pyridine rings is 1. The summed E-state index contributed by atoms with van der Waals surface area (Å²) >= 11 is 0. The van der Waals surface area contributed by atoms with Crippen molar-refractivity contribution >= 4 is 5.97 Å². The van der Waals surface area contributed by atoms with Crippen LogP contribution in [0.3, 0.4) is 0 Å². The first-order valence-corrected chi connectivity index (χ1v) is 6.91. The summed E-state index contributed by atoms with van der Waals surface area (Å²) in [6.45, 7) is 1.09. The fourth-order valence-corrected chi connectivity index (χ4v) is 2.00. The van der Waals surface area contributed by atoms with Gasteiger partial charge < -0.3 is 9.47 Å². The zero-order chi connectivity index (χ0) is 14.9. The molecule has 0 amide bonds. The largest absolute Gasteiger partial charge is 0.469 e. The molecule has 0 radical (unpaired) electrons. The summed E-state index contributed by atoms with van der Waals surface area (Å²) in [5, 5.41) is 0. The molecule has 1 heterocycles. The van der Waals surface area contributed by atoms with E-state index in [4.69, 9.17) is 9.47 Å². The number of nitrogens with zero attached hydrogens (tertiary/aromatic N) is 1. The quantitative estimate of drug-likeness (QED) is 0.579. The highest BCUT2D eigenvalue weighted by Crippen LogP contribution is 2.12. The molecule has 4 heteroatoms. The molecule has 0 fully saturated rings. The third kappa shape index (κ3) is 5.00. The van der Waals surface area contributed by atoms with Gasteiger partial charge in [0, 0.05) is 18.3 Å². The number of aromatic nitrogens is 1. The van der Waals surface area contributed by atoms with Crippen molar-refractivity contribution in [3.63, 3.8) is 0 Å². The van der Waals surface area contributed by atoms with Crippen molar-refractivity contribution in [1.29, 1.82) is 0 Å². The Morgan fingerprint density at radius 3 is 2.57 bits per heavy atom. The number of carbonyl (C=O) groups excluding carboxylic acids is 1. The normalized spacial score (nSPS) is 10.3. The molecule has 0 atom stereocenters. The Bertz CT molecular complexity index is 569. The minimum atomic E-state index is -0.240. The standard InChI is InChI=1S/C17H19NO3/c1-20-17(19)12-14-6-2-3-7-15(14)13-21-11-9-16-8-4-5-10-18-16/h2-8,10H,9,11-13H2,1H3. The number of rotatable bonds is 7. The number of hydrogen-bond acceptors (Lipinski definition) is 4. The van der Waals surface area contributed by atoms with Crippen LogP contribution in [0.5, 0.6) is 0 Å². The summed E-state index contributed by atoms with van der Waals surface area (Å²) in [7, 11) is 1.40. The Hall–Kier alpha value is -2.20. The van der Waals surface area contributed by atoms with E-state index in [0.717, 1.165) is 23.2 Å². The molecule has 0 saturated carbocycles. The average Bonchev–Trinajstić information content (AvgIpc) is 2.54. The van der Waals surface area contributed by atoms with Gasteiger partial charge in [0.1, 0.15) is 0 Å². The molecule has 2 rings (SSSR count). The van der Waals surface area contributed by atoms with E-state index in [1.165, 1.54) is 7.11 Å². The first-order valence-electron chi connectivity index (χ1n) is 6.91. The highest BCUT2D eigenvalue weighted by atomic mass is 16.5. The summed E-state index contributed by atoms with van der Waals surface area (Å²) in [4.78, 5) is 15.6. The summed E-state index contributed by atoms with van der Waals surface area (Å²) in [6.07, 6.45) is 2.83. The van der Waals surface area contributed by atoms with Gasteiger partial charge in [-0.2, -0.15) is 0 Å². The predicted molar refractivity (Wildman–Crippen MR) is 79.8 cm³/mol. The van der Waals surface area contributed by atoms with Crippen molar-refractivity contribution < 1.29 is 14.3 Å². The van der Waals surface area contributed by atoms with E-state index in [9.17, 15) is 4.79 Å². The maximum atomic E-state index is 11.4. The van der Waals surface area contributed by atoms with Crippen LogP contribution in [-0.4, -0.2) is 24.7 Å². The lowest BCUT2D eigenvalue weighted by Crippen LogP contribution is -2.08. The Labute approximate surface area is 124 Å². The van der Waals surface area contributed by atoms with Gasteiger partial charge in [0.15, 0.2) is 0 Å². The van der Waals surface area contributed by atoms with Crippen LogP contribution in [0.25, 0.3) is 0 Å². The lowest BCUT2D eigenvalue weighted by atomic mass is 10.1. The first kappa shape index (κ1) is 15.2. The molecule has 0 bridgehead atoms. The van der Waals surface area contributed by atoms with Gasteiger partial charge in [0.2, 0.25) is 0 Å². The lowest BCUT2D eigenvalue weighted by molar-refractivity contribution is -0.139. The Kier molecular flexibility index (Phi) is 5.91. The molecule has 0 aliphatic heterocycles. The molecule has 0 aliphatic rings. The van der Waals surface area contributed by atoms with E-state index in [1.54, 1.807) is 6.20 Å². The highest BCUT2D eigenvalue weighted by molar-refractivity contribution is 5.72. The van der Waals surface area contributed by atoms with Crippen molar-refractivity contribution in [2.75, 3.05) is 13.7 Å². The molecule has 0 saturated heterocycles. The molecule has 1 aromatic carbocycles. The SMILES string of the molecule is COC(=O)Cc1ccccc1COCCc1ccccn1. The number of methoxy groups -OCH3 is 1. The van der Waals surface area contributed by atoms with Crippen molar-refractivity contribution in [2.45, 2.75) is 19.4 Å². The topological polar surface area (TPSA) is 48.4 Å². The predicted octanol–water partition coefficient (Wildman–Crippen LogP) is 2.56. The fourth-order valence-electron chi connectivity index (χ4n) is 2.00. The van der Waals surface area contributed by atoms with Crippen LogP contribution >= 0.6 is 0 Å². The van der Waals surface area contributed by atoms with Crippen LogP contribution in [0.2, 0.25) is 0 Å². The number of hydrogen-bond donors (Lipinski definition) is 0. The van der Waals surface area contributed by atoms with Crippen LogP contribution in [0.4, 0.5) is 0 Å². The van der Waals surface area contributed by atoms with E-state index in [0.29, 0.717) is 13.2 Å². The zero-order valence-corrected chi connectivity index (χ0v) is 12.1. The van der Waals surface area contributed by atoms with Gasteiger partial charge in [-0.3, -0.25) is 9.78 Å². The van der Waals surface area contributed by atoms with Gasteiger partial charge in [0.05, 0.1) is 26.7 Å². The molecule has 0 spiro atoms. The van der Waals surface area contributed by atoms with Crippen LogP contribution in [0, 0.1) is 0 Å². The minimum absolute atomic E-state index is 0.240. The van der Waals surface area contributed by atoms with Crippen molar-refractivity contribution in [3.8, 4) is 0 Å². The summed E-state index contributed by atoms with van der Waals surface area (Å²) < 4.78 is 10.4. The van der Waals surface area contributed by atoms with E-state index in [-0.39, 0.29) is 12.4 Å². The van der Waals surface area contributed by atoms with E-state index >= 15 is 0 Å². The third-order valence-electron chi connectivity index (χ3n) is 3.17. The molecule has 21 heavy (non-hydrogen) atoms. The monoisotopic (exact) mass is 285 g/mol. The minimum Gasteiger partial charge on any atom is -0.469 e. The molecule has 4 nitrogen and oxygen atoms in total. The molecule has 0 aliphatic carbocycles. The number of carbonyl (C=O) groups is 1. The smallest absolute Gasteiger partial charge is 0.309 e. The third-order valence-corrected chi connectivity index (χ3v) is 3.17. The van der Waals surface area contributed by atoms with Gasteiger partial charge in [-0.05, 0) is 23.3 Å². The Balaban J connectivity index is 1.84. The maximum absolute atomic E-state index is 11.4. The zero-order valence-electron chi connectivity index (χ0n) is 12.1. The molecule has 2 aromatic rings. The van der Waals surface area contributed by atoms with Crippen LogP contribution < -0.4 is 0 Å². The maximum Gasteiger partial charge on any atom is 0.309 e. The van der Waals surface area contributed by atoms with E-state index in [2.05, 4.69) is 4.98 Å². The highest BCUT2D eigenvalue weighted by Gasteiger charge is 2.07. The van der Waals surface area contributed by atoms with Crippen molar-refractivity contribution in [1.82, 2.24) is 4.98 Å². The van der Waals surface area contributed by atoms with Crippen molar-refractivity contribution in [2.24, 2.45) is 0 Å². The Morgan fingerprint density at radius 1 is 1.10 bits per heavy atom. The van der Waals surface area contributed by atoms with Crippen molar-refractivity contribution in [3.05, 3.63) is 65.5 Å². The van der Waals surface area contributed by atoms with Crippen LogP contribution in [0.15, 0.2) is 48.7 Å². The molecule has 110 valence electrons. The van der Waals surface area contributed by atoms with Gasteiger partial charge >= 0.3 is 5.97 Å².